The van der Waals surface area contributed by atoms with E-state index in [4.69, 9.17) is 0 Å². The normalized spacial score (nSPS) is 15.0. The number of rotatable bonds is 2. The lowest BCUT2D eigenvalue weighted by molar-refractivity contribution is 1.13. The summed E-state index contributed by atoms with van der Waals surface area (Å²) in [6.45, 7) is 2.06. The van der Waals surface area contributed by atoms with Crippen LogP contribution in [-0.4, -0.2) is 4.98 Å². The number of hydrogen-bond donors (Lipinski definition) is 0. The summed E-state index contributed by atoms with van der Waals surface area (Å²) in [5.41, 5.74) is 5.16. The smallest absolute Gasteiger partial charge is 0.0907 e. The van der Waals surface area contributed by atoms with Crippen molar-refractivity contribution in [1.29, 1.82) is 0 Å². The molecule has 0 spiro atoms. The summed E-state index contributed by atoms with van der Waals surface area (Å²) in [4.78, 5) is 4.57. The monoisotopic (exact) mass is 265 g/mol. The standard InChI is InChI=1S/C17H15NS/c1-11-18-16-10-15(8-9-17(16)19-11)14-6-4-13(5-7-14)12-2-3-12/h4-10,12H,2-3H2,1H3. The number of fused-ring (bicyclic) bond motifs is 1. The minimum absolute atomic E-state index is 0.831. The molecule has 0 radical (unpaired) electrons. The number of thiazole rings is 1. The molecule has 19 heavy (non-hydrogen) atoms. The van der Waals surface area contributed by atoms with Crippen molar-refractivity contribution in [3.63, 3.8) is 0 Å². The zero-order valence-corrected chi connectivity index (χ0v) is 11.7. The van der Waals surface area contributed by atoms with Gasteiger partial charge >= 0.3 is 0 Å². The summed E-state index contributed by atoms with van der Waals surface area (Å²) < 4.78 is 1.27. The van der Waals surface area contributed by atoms with Crippen LogP contribution in [0, 0.1) is 6.92 Å². The average Bonchev–Trinajstić information content (AvgIpc) is 3.20. The molecule has 0 atom stereocenters. The Hall–Kier alpha value is -1.67. The quantitative estimate of drug-likeness (QED) is 0.624. The summed E-state index contributed by atoms with van der Waals surface area (Å²) in [6.07, 6.45) is 2.73. The molecule has 94 valence electrons. The molecule has 3 aromatic rings. The Kier molecular flexibility index (Phi) is 2.46. The largest absolute Gasteiger partial charge is 0.241 e. The molecule has 1 aromatic heterocycles. The Balaban J connectivity index is 1.75. The highest BCUT2D eigenvalue weighted by Crippen LogP contribution is 2.40. The van der Waals surface area contributed by atoms with Crippen molar-refractivity contribution < 1.29 is 0 Å². The molecule has 0 amide bonds. The second-order valence-electron chi connectivity index (χ2n) is 5.31. The molecule has 1 heterocycles. The SMILES string of the molecule is Cc1nc2cc(-c3ccc(C4CC4)cc3)ccc2s1. The van der Waals surface area contributed by atoms with Gasteiger partial charge in [-0.25, -0.2) is 4.98 Å². The lowest BCUT2D eigenvalue weighted by Gasteiger charge is -2.03. The second-order valence-corrected chi connectivity index (χ2v) is 6.55. The van der Waals surface area contributed by atoms with Crippen molar-refractivity contribution in [1.82, 2.24) is 4.98 Å². The molecule has 0 bridgehead atoms. The highest BCUT2D eigenvalue weighted by Gasteiger charge is 2.22. The van der Waals surface area contributed by atoms with Crippen LogP contribution in [0.1, 0.15) is 29.3 Å². The van der Waals surface area contributed by atoms with Gasteiger partial charge in [0, 0.05) is 0 Å². The van der Waals surface area contributed by atoms with Crippen molar-refractivity contribution in [2.45, 2.75) is 25.7 Å². The molecule has 0 N–H and O–H groups in total. The first kappa shape index (κ1) is 11.2. The van der Waals surface area contributed by atoms with Crippen LogP contribution >= 0.6 is 11.3 Å². The molecule has 1 saturated carbocycles. The molecule has 1 fully saturated rings. The molecular weight excluding hydrogens is 250 g/mol. The van der Waals surface area contributed by atoms with Crippen LogP contribution in [0.5, 0.6) is 0 Å². The predicted octanol–water partition coefficient (Wildman–Crippen LogP) is 5.15. The van der Waals surface area contributed by atoms with Gasteiger partial charge in [0.1, 0.15) is 0 Å². The van der Waals surface area contributed by atoms with Gasteiger partial charge in [0.15, 0.2) is 0 Å². The van der Waals surface area contributed by atoms with Gasteiger partial charge in [-0.05, 0) is 54.5 Å². The summed E-state index contributed by atoms with van der Waals surface area (Å²) in [6, 6.07) is 15.6. The van der Waals surface area contributed by atoms with Gasteiger partial charge in [0.2, 0.25) is 0 Å². The zero-order valence-electron chi connectivity index (χ0n) is 10.9. The van der Waals surface area contributed by atoms with Crippen LogP contribution in [0.3, 0.4) is 0 Å². The van der Waals surface area contributed by atoms with Gasteiger partial charge in [-0.2, -0.15) is 0 Å². The van der Waals surface area contributed by atoms with E-state index in [1.807, 2.05) is 0 Å². The van der Waals surface area contributed by atoms with Gasteiger partial charge in [-0.3, -0.25) is 0 Å². The fourth-order valence-electron chi connectivity index (χ4n) is 2.59. The Labute approximate surface area is 116 Å². The molecule has 1 aliphatic carbocycles. The van der Waals surface area contributed by atoms with E-state index < -0.39 is 0 Å². The van der Waals surface area contributed by atoms with Gasteiger partial charge in [0.05, 0.1) is 15.2 Å². The number of hydrogen-bond acceptors (Lipinski definition) is 2. The minimum Gasteiger partial charge on any atom is -0.241 e. The lowest BCUT2D eigenvalue weighted by atomic mass is 10.0. The average molecular weight is 265 g/mol. The molecule has 2 heteroatoms. The molecule has 1 nitrogen and oxygen atoms in total. The molecule has 0 saturated heterocycles. The molecule has 2 aromatic carbocycles. The highest BCUT2D eigenvalue weighted by molar-refractivity contribution is 7.18. The van der Waals surface area contributed by atoms with Gasteiger partial charge in [0.25, 0.3) is 0 Å². The van der Waals surface area contributed by atoms with Crippen LogP contribution in [0.25, 0.3) is 21.3 Å². The Morgan fingerprint density at radius 1 is 1.00 bits per heavy atom. The van der Waals surface area contributed by atoms with E-state index in [0.717, 1.165) is 16.4 Å². The van der Waals surface area contributed by atoms with E-state index >= 15 is 0 Å². The van der Waals surface area contributed by atoms with Crippen LogP contribution in [0.15, 0.2) is 42.5 Å². The van der Waals surface area contributed by atoms with Gasteiger partial charge in [-0.1, -0.05) is 30.3 Å². The van der Waals surface area contributed by atoms with E-state index in [1.54, 1.807) is 11.3 Å². The summed E-state index contributed by atoms with van der Waals surface area (Å²) in [5, 5.41) is 1.14. The van der Waals surface area contributed by atoms with Crippen molar-refractivity contribution in [3.8, 4) is 11.1 Å². The van der Waals surface area contributed by atoms with Crippen LogP contribution in [0.2, 0.25) is 0 Å². The predicted molar refractivity (Wildman–Crippen MR) is 81.8 cm³/mol. The fraction of sp³-hybridized carbons (Fsp3) is 0.235. The Morgan fingerprint density at radius 2 is 1.74 bits per heavy atom. The van der Waals surface area contributed by atoms with Crippen LogP contribution < -0.4 is 0 Å². The third-order valence-electron chi connectivity index (χ3n) is 3.79. The van der Waals surface area contributed by atoms with E-state index in [-0.39, 0.29) is 0 Å². The van der Waals surface area contributed by atoms with Gasteiger partial charge in [-0.15, -0.1) is 11.3 Å². The first-order chi connectivity index (χ1) is 9.29. The summed E-state index contributed by atoms with van der Waals surface area (Å²) in [5.74, 6) is 0.831. The zero-order chi connectivity index (χ0) is 12.8. The topological polar surface area (TPSA) is 12.9 Å². The Bertz CT molecular complexity index is 736. The highest BCUT2D eigenvalue weighted by atomic mass is 32.1. The van der Waals surface area contributed by atoms with Crippen LogP contribution in [-0.2, 0) is 0 Å². The van der Waals surface area contributed by atoms with Gasteiger partial charge < -0.3 is 0 Å². The fourth-order valence-corrected chi connectivity index (χ4v) is 3.39. The van der Waals surface area contributed by atoms with Crippen molar-refractivity contribution >= 4 is 21.6 Å². The molecule has 0 unspecified atom stereocenters. The molecule has 4 rings (SSSR count). The molecule has 0 aliphatic heterocycles. The first-order valence-corrected chi connectivity index (χ1v) is 7.59. The van der Waals surface area contributed by atoms with Crippen molar-refractivity contribution in [2.24, 2.45) is 0 Å². The minimum atomic E-state index is 0.831. The second kappa shape index (κ2) is 4.17. The third-order valence-corrected chi connectivity index (χ3v) is 4.74. The van der Waals surface area contributed by atoms with E-state index in [1.165, 1.54) is 34.2 Å². The van der Waals surface area contributed by atoms with E-state index in [9.17, 15) is 0 Å². The summed E-state index contributed by atoms with van der Waals surface area (Å²) in [7, 11) is 0. The first-order valence-electron chi connectivity index (χ1n) is 6.77. The van der Waals surface area contributed by atoms with Crippen LogP contribution in [0.4, 0.5) is 0 Å². The molecule has 1 aliphatic rings. The van der Waals surface area contributed by atoms with Crippen molar-refractivity contribution in [2.75, 3.05) is 0 Å². The maximum atomic E-state index is 4.57. The maximum absolute atomic E-state index is 4.57. The summed E-state index contributed by atoms with van der Waals surface area (Å²) >= 11 is 1.76. The third kappa shape index (κ3) is 2.06. The Morgan fingerprint density at radius 3 is 2.47 bits per heavy atom. The molecular formula is C17H15NS. The number of aryl methyl sites for hydroxylation is 1. The number of nitrogens with zero attached hydrogens (tertiary/aromatic N) is 1. The van der Waals surface area contributed by atoms with Crippen molar-refractivity contribution in [3.05, 3.63) is 53.0 Å². The van der Waals surface area contributed by atoms with E-state index in [2.05, 4.69) is 54.4 Å². The van der Waals surface area contributed by atoms with E-state index in [0.29, 0.717) is 0 Å². The maximum Gasteiger partial charge on any atom is 0.0907 e. The number of benzene rings is 2. The lowest BCUT2D eigenvalue weighted by Crippen LogP contribution is -1.81. The number of aromatic nitrogens is 1.